The van der Waals surface area contributed by atoms with Crippen molar-refractivity contribution in [2.45, 2.75) is 18.1 Å². The molecule has 8 heteroatoms. The summed E-state index contributed by atoms with van der Waals surface area (Å²) in [5, 5.41) is 0. The van der Waals surface area contributed by atoms with Gasteiger partial charge in [-0.05, 0) is 23.8 Å². The molecule has 2 aromatic heterocycles. The number of benzene rings is 2. The van der Waals surface area contributed by atoms with Crippen molar-refractivity contribution in [1.29, 1.82) is 0 Å². The van der Waals surface area contributed by atoms with E-state index in [0.717, 1.165) is 5.56 Å². The molecule has 0 aliphatic rings. The van der Waals surface area contributed by atoms with Gasteiger partial charge >= 0.3 is 0 Å². The molecule has 0 N–H and O–H groups in total. The zero-order valence-corrected chi connectivity index (χ0v) is 16.2. The first kappa shape index (κ1) is 19.1. The Kier molecular flexibility index (Phi) is 5.26. The summed E-state index contributed by atoms with van der Waals surface area (Å²) in [6.07, 6.45) is 4.64. The lowest BCUT2D eigenvalue weighted by atomic mass is 10.2. The van der Waals surface area contributed by atoms with Gasteiger partial charge in [0.25, 0.3) is 0 Å². The van der Waals surface area contributed by atoms with Gasteiger partial charge in [0.15, 0.2) is 9.84 Å². The lowest BCUT2D eigenvalue weighted by molar-refractivity contribution is 0.569. The van der Waals surface area contributed by atoms with Gasteiger partial charge in [-0.3, -0.25) is 0 Å². The summed E-state index contributed by atoms with van der Waals surface area (Å²) in [5.74, 6) is -0.276. The standard InChI is InChI=1S/C21H18FN3O3S/c22-18-8-4-7-17(11-18)21-24-19(13-28-21)14-29(26,27)15-20-23-9-10-25(20)12-16-5-2-1-3-6-16/h1-11,13H,12,14-15H2. The van der Waals surface area contributed by atoms with Crippen molar-refractivity contribution in [1.82, 2.24) is 14.5 Å². The largest absolute Gasteiger partial charge is 0.444 e. The Hall–Kier alpha value is -3.26. The molecule has 6 nitrogen and oxygen atoms in total. The maximum atomic E-state index is 13.4. The lowest BCUT2D eigenvalue weighted by Gasteiger charge is -2.08. The Morgan fingerprint density at radius 1 is 1.03 bits per heavy atom. The fourth-order valence-corrected chi connectivity index (χ4v) is 4.32. The second kappa shape index (κ2) is 8.00. The quantitative estimate of drug-likeness (QED) is 0.462. The number of hydrogen-bond acceptors (Lipinski definition) is 5. The van der Waals surface area contributed by atoms with Crippen LogP contribution in [-0.4, -0.2) is 23.0 Å². The van der Waals surface area contributed by atoms with Crippen LogP contribution in [-0.2, 0) is 27.9 Å². The number of aromatic nitrogens is 3. The zero-order valence-electron chi connectivity index (χ0n) is 15.4. The fourth-order valence-electron chi connectivity index (χ4n) is 3.00. The molecule has 0 atom stereocenters. The molecule has 2 aromatic carbocycles. The van der Waals surface area contributed by atoms with Crippen LogP contribution in [0.1, 0.15) is 17.1 Å². The van der Waals surface area contributed by atoms with Crippen LogP contribution in [0.3, 0.4) is 0 Å². The van der Waals surface area contributed by atoms with Crippen molar-refractivity contribution in [3.63, 3.8) is 0 Å². The molecular weight excluding hydrogens is 393 g/mol. The van der Waals surface area contributed by atoms with Gasteiger partial charge < -0.3 is 8.98 Å². The summed E-state index contributed by atoms with van der Waals surface area (Å²) in [6.45, 7) is 0.541. The van der Waals surface area contributed by atoms with Gasteiger partial charge in [-0.25, -0.2) is 22.8 Å². The summed E-state index contributed by atoms with van der Waals surface area (Å²) in [4.78, 5) is 8.39. The molecule has 4 rings (SSSR count). The first-order chi connectivity index (χ1) is 14.0. The summed E-state index contributed by atoms with van der Waals surface area (Å²) < 4.78 is 45.9. The minimum absolute atomic E-state index is 0.181. The molecule has 0 spiro atoms. The van der Waals surface area contributed by atoms with Gasteiger partial charge in [0.05, 0.1) is 11.4 Å². The van der Waals surface area contributed by atoms with Crippen LogP contribution >= 0.6 is 0 Å². The number of rotatable bonds is 7. The second-order valence-corrected chi connectivity index (χ2v) is 8.71. The number of imidazole rings is 1. The molecule has 0 radical (unpaired) electrons. The molecular formula is C21H18FN3O3S. The molecule has 0 amide bonds. The molecule has 148 valence electrons. The lowest BCUT2D eigenvalue weighted by Crippen LogP contribution is -2.13. The number of nitrogens with zero attached hydrogens (tertiary/aromatic N) is 3. The Labute approximate surface area is 167 Å². The van der Waals surface area contributed by atoms with E-state index >= 15 is 0 Å². The Morgan fingerprint density at radius 2 is 1.86 bits per heavy atom. The normalized spacial score (nSPS) is 11.6. The Balaban J connectivity index is 1.47. The van der Waals surface area contributed by atoms with E-state index in [1.54, 1.807) is 18.5 Å². The molecule has 0 saturated heterocycles. The van der Waals surface area contributed by atoms with Crippen molar-refractivity contribution < 1.29 is 17.2 Å². The van der Waals surface area contributed by atoms with Gasteiger partial charge in [-0.2, -0.15) is 0 Å². The first-order valence-electron chi connectivity index (χ1n) is 8.93. The van der Waals surface area contributed by atoms with E-state index in [9.17, 15) is 12.8 Å². The molecule has 0 unspecified atom stereocenters. The zero-order chi connectivity index (χ0) is 20.3. The number of hydrogen-bond donors (Lipinski definition) is 0. The van der Waals surface area contributed by atoms with E-state index in [2.05, 4.69) is 9.97 Å². The van der Waals surface area contributed by atoms with Gasteiger partial charge in [-0.15, -0.1) is 0 Å². The smallest absolute Gasteiger partial charge is 0.226 e. The average Bonchev–Trinajstić information content (AvgIpc) is 3.32. The van der Waals surface area contributed by atoms with Gasteiger partial charge in [-0.1, -0.05) is 36.4 Å². The third-order valence-electron chi connectivity index (χ3n) is 4.34. The third-order valence-corrected chi connectivity index (χ3v) is 5.77. The summed E-state index contributed by atoms with van der Waals surface area (Å²) in [7, 11) is -3.53. The predicted molar refractivity (Wildman–Crippen MR) is 106 cm³/mol. The van der Waals surface area contributed by atoms with E-state index in [1.165, 1.54) is 24.5 Å². The van der Waals surface area contributed by atoms with E-state index in [1.807, 2.05) is 34.9 Å². The highest BCUT2D eigenvalue weighted by molar-refractivity contribution is 7.89. The van der Waals surface area contributed by atoms with Crippen molar-refractivity contribution in [2.24, 2.45) is 0 Å². The highest BCUT2D eigenvalue weighted by Gasteiger charge is 2.19. The van der Waals surface area contributed by atoms with Gasteiger partial charge in [0.1, 0.15) is 23.7 Å². The van der Waals surface area contributed by atoms with Crippen molar-refractivity contribution in [3.05, 3.63) is 96.2 Å². The highest BCUT2D eigenvalue weighted by Crippen LogP contribution is 2.21. The molecule has 0 fully saturated rings. The van der Waals surface area contributed by atoms with Gasteiger partial charge in [0, 0.05) is 24.5 Å². The van der Waals surface area contributed by atoms with Crippen LogP contribution in [0.5, 0.6) is 0 Å². The van der Waals surface area contributed by atoms with Crippen LogP contribution in [0.2, 0.25) is 0 Å². The molecule has 4 aromatic rings. The molecule has 0 bridgehead atoms. The third kappa shape index (κ3) is 4.78. The number of sulfone groups is 1. The Bertz CT molecular complexity index is 1220. The maximum absolute atomic E-state index is 13.4. The van der Waals surface area contributed by atoms with Crippen LogP contribution in [0, 0.1) is 5.82 Å². The minimum atomic E-state index is -3.53. The van der Waals surface area contributed by atoms with Crippen molar-refractivity contribution in [3.8, 4) is 11.5 Å². The molecule has 0 saturated carbocycles. The van der Waals surface area contributed by atoms with E-state index in [-0.39, 0.29) is 23.1 Å². The molecule has 29 heavy (non-hydrogen) atoms. The SMILES string of the molecule is O=S(=O)(Cc1coc(-c2cccc(F)c2)n1)Cc1nccn1Cc1ccccc1. The van der Waals surface area contributed by atoms with Gasteiger partial charge in [0.2, 0.25) is 5.89 Å². The monoisotopic (exact) mass is 411 g/mol. The van der Waals surface area contributed by atoms with Crippen molar-refractivity contribution >= 4 is 9.84 Å². The van der Waals surface area contributed by atoms with E-state index in [4.69, 9.17) is 4.42 Å². The molecule has 0 aliphatic heterocycles. The molecule has 2 heterocycles. The van der Waals surface area contributed by atoms with E-state index < -0.39 is 15.7 Å². The summed E-state index contributed by atoms with van der Waals surface area (Å²) >= 11 is 0. The van der Waals surface area contributed by atoms with Crippen LogP contribution in [0.4, 0.5) is 4.39 Å². The average molecular weight is 411 g/mol. The minimum Gasteiger partial charge on any atom is -0.444 e. The summed E-state index contributed by atoms with van der Waals surface area (Å²) in [6, 6.07) is 15.5. The Morgan fingerprint density at radius 3 is 2.66 bits per heavy atom. The van der Waals surface area contributed by atoms with Crippen LogP contribution in [0.25, 0.3) is 11.5 Å². The summed E-state index contributed by atoms with van der Waals surface area (Å²) in [5.41, 5.74) is 1.78. The van der Waals surface area contributed by atoms with Crippen LogP contribution in [0.15, 0.2) is 77.7 Å². The predicted octanol–water partition coefficient (Wildman–Crippen LogP) is 3.84. The van der Waals surface area contributed by atoms with Crippen LogP contribution < -0.4 is 0 Å². The number of oxazole rings is 1. The molecule has 0 aliphatic carbocycles. The van der Waals surface area contributed by atoms with Crippen molar-refractivity contribution in [2.75, 3.05) is 0 Å². The topological polar surface area (TPSA) is 78.0 Å². The second-order valence-electron chi connectivity index (χ2n) is 6.64. The highest BCUT2D eigenvalue weighted by atomic mass is 32.2. The number of halogens is 1. The fraction of sp³-hybridized carbons (Fsp3) is 0.143. The first-order valence-corrected chi connectivity index (χ1v) is 10.8. The van der Waals surface area contributed by atoms with E-state index in [0.29, 0.717) is 17.9 Å². The maximum Gasteiger partial charge on any atom is 0.226 e.